The SMILES string of the molecule is CC(C)C(C(=O)O)N1C(=O)C2C3CC(C2C1=O)C1C3Sc2[nH]c(=O)sc2[C@@H]1c1ccc(OCC(=O)Nc2ccccc2)cc1. The Balaban J connectivity index is 1.15. The molecule has 3 fully saturated rings. The number of aromatic amines is 1. The number of carboxylic acids is 1. The summed E-state index contributed by atoms with van der Waals surface area (Å²) in [6, 6.07) is 15.4. The summed E-state index contributed by atoms with van der Waals surface area (Å²) in [4.78, 5) is 69.3. The first-order valence-electron chi connectivity index (χ1n) is 14.7. The number of nitrogens with one attached hydrogen (secondary N) is 2. The Labute approximate surface area is 261 Å². The van der Waals surface area contributed by atoms with Gasteiger partial charge in [-0.15, -0.1) is 11.8 Å². The van der Waals surface area contributed by atoms with Gasteiger partial charge >= 0.3 is 10.8 Å². The highest BCUT2D eigenvalue weighted by Crippen LogP contribution is 2.68. The normalized spacial score (nSPS) is 28.9. The zero-order valence-electron chi connectivity index (χ0n) is 24.0. The average molecular weight is 634 g/mol. The van der Waals surface area contributed by atoms with Crippen molar-refractivity contribution in [2.45, 2.75) is 42.5 Å². The van der Waals surface area contributed by atoms with Crippen LogP contribution in [0.1, 0.15) is 36.6 Å². The molecule has 2 bridgehead atoms. The number of thiazole rings is 1. The summed E-state index contributed by atoms with van der Waals surface area (Å²) >= 11 is 2.76. The van der Waals surface area contributed by atoms with E-state index in [1.54, 1.807) is 49.9 Å². The van der Waals surface area contributed by atoms with Crippen molar-refractivity contribution in [1.82, 2.24) is 9.88 Å². The molecule has 1 saturated heterocycles. The van der Waals surface area contributed by atoms with Crippen molar-refractivity contribution in [2.75, 3.05) is 11.9 Å². The lowest BCUT2D eigenvalue weighted by Gasteiger charge is -2.43. The summed E-state index contributed by atoms with van der Waals surface area (Å²) in [6.07, 6.45) is 0.718. The molecule has 2 aromatic carbocycles. The number of imide groups is 1. The van der Waals surface area contributed by atoms with Crippen LogP contribution >= 0.6 is 23.1 Å². The highest BCUT2D eigenvalue weighted by Gasteiger charge is 2.70. The minimum Gasteiger partial charge on any atom is -0.484 e. The van der Waals surface area contributed by atoms with E-state index >= 15 is 0 Å². The molecule has 10 nitrogen and oxygen atoms in total. The fourth-order valence-electron chi connectivity index (χ4n) is 8.02. The summed E-state index contributed by atoms with van der Waals surface area (Å²) < 4.78 is 5.74. The molecule has 7 rings (SSSR count). The summed E-state index contributed by atoms with van der Waals surface area (Å²) in [5, 5.41) is 13.5. The molecule has 0 radical (unpaired) electrons. The topological polar surface area (TPSA) is 146 Å². The van der Waals surface area contributed by atoms with Crippen molar-refractivity contribution in [3.8, 4) is 5.75 Å². The van der Waals surface area contributed by atoms with Crippen LogP contribution in [0.2, 0.25) is 0 Å². The number of hydrogen-bond acceptors (Lipinski definition) is 8. The van der Waals surface area contributed by atoms with Gasteiger partial charge in [-0.1, -0.05) is 55.5 Å². The standard InChI is InChI=1S/C32H31N3O7S2/c1-14(2)25(31(39)40)35-29(37)23-18-12-19(24(23)30(35)38)26-22(18)21(27-28(43-26)34-32(41)44-27)15-8-10-17(11-9-15)42-13-20(36)33-16-6-4-3-5-7-16/h3-11,14,18-19,21-26H,12-13H2,1-2H3,(H,33,36)(H,34,41)(H,39,40)/t18?,19?,21-,22?,23?,24?,25?,26?/m1/s1. The Morgan fingerprint density at radius 2 is 1.70 bits per heavy atom. The molecule has 1 aromatic heterocycles. The molecular weight excluding hydrogens is 602 g/mol. The van der Waals surface area contributed by atoms with Crippen molar-refractivity contribution in [1.29, 1.82) is 0 Å². The lowest BCUT2D eigenvalue weighted by atomic mass is 9.68. The Bertz CT molecular complexity index is 1700. The number of benzene rings is 2. The number of carbonyl (C=O) groups excluding carboxylic acids is 3. The number of carboxylic acid groups (broad SMARTS) is 1. The maximum Gasteiger partial charge on any atom is 0.327 e. The van der Waals surface area contributed by atoms with Gasteiger partial charge < -0.3 is 20.1 Å². The number of aromatic nitrogens is 1. The number of hydrogen-bond donors (Lipinski definition) is 3. The molecule has 4 aliphatic rings. The Kier molecular flexibility index (Phi) is 7.16. The lowest BCUT2D eigenvalue weighted by molar-refractivity contribution is -0.157. The van der Waals surface area contributed by atoms with E-state index in [2.05, 4.69) is 10.3 Å². The van der Waals surface area contributed by atoms with E-state index in [9.17, 15) is 29.1 Å². The zero-order chi connectivity index (χ0) is 30.9. The van der Waals surface area contributed by atoms with E-state index in [0.717, 1.165) is 26.8 Å². The second kappa shape index (κ2) is 10.9. The first-order valence-corrected chi connectivity index (χ1v) is 16.4. The van der Waals surface area contributed by atoms with Gasteiger partial charge in [0.05, 0.1) is 16.9 Å². The highest BCUT2D eigenvalue weighted by molar-refractivity contribution is 8.00. The number of rotatable bonds is 8. The minimum atomic E-state index is -1.19. The van der Waals surface area contributed by atoms with Gasteiger partial charge in [0.25, 0.3) is 5.91 Å². The number of fused-ring (bicyclic) bond motifs is 9. The van der Waals surface area contributed by atoms with Crippen molar-refractivity contribution in [3.63, 3.8) is 0 Å². The molecule has 3 amide bonds. The molecule has 2 saturated carbocycles. The second-order valence-corrected chi connectivity index (χ2v) is 14.5. The molecule has 3 heterocycles. The van der Waals surface area contributed by atoms with E-state index in [1.165, 1.54) is 11.3 Å². The molecule has 7 unspecified atom stereocenters. The largest absolute Gasteiger partial charge is 0.484 e. The monoisotopic (exact) mass is 633 g/mol. The molecule has 0 spiro atoms. The van der Waals surface area contributed by atoms with Gasteiger partial charge in [-0.3, -0.25) is 24.1 Å². The zero-order valence-corrected chi connectivity index (χ0v) is 25.6. The highest BCUT2D eigenvalue weighted by atomic mass is 32.2. The van der Waals surface area contributed by atoms with Crippen LogP contribution in [0.4, 0.5) is 5.69 Å². The number of amides is 3. The van der Waals surface area contributed by atoms with Crippen molar-refractivity contribution in [3.05, 3.63) is 74.7 Å². The van der Waals surface area contributed by atoms with Crippen LogP contribution in [-0.4, -0.2) is 56.6 Å². The smallest absolute Gasteiger partial charge is 0.327 e. The van der Waals surface area contributed by atoms with Gasteiger partial charge in [0.2, 0.25) is 11.8 Å². The second-order valence-electron chi connectivity index (χ2n) is 12.3. The Morgan fingerprint density at radius 3 is 2.36 bits per heavy atom. The molecule has 12 heteroatoms. The number of ether oxygens (including phenoxy) is 1. The van der Waals surface area contributed by atoms with Gasteiger partial charge in [-0.25, -0.2) is 4.79 Å². The fraction of sp³-hybridized carbons (Fsp3) is 0.406. The number of thioether (sulfide) groups is 1. The van der Waals surface area contributed by atoms with Crippen LogP contribution < -0.4 is 14.9 Å². The van der Waals surface area contributed by atoms with E-state index in [1.807, 2.05) is 30.3 Å². The third-order valence-corrected chi connectivity index (χ3v) is 12.2. The van der Waals surface area contributed by atoms with E-state index in [-0.39, 0.29) is 58.1 Å². The third kappa shape index (κ3) is 4.57. The van der Waals surface area contributed by atoms with Gasteiger partial charge in [0.1, 0.15) is 11.8 Å². The Hall–Kier alpha value is -3.90. The number of aliphatic carboxylic acids is 1. The number of para-hydroxylation sites is 1. The van der Waals surface area contributed by atoms with Crippen molar-refractivity contribution >= 4 is 52.5 Å². The van der Waals surface area contributed by atoms with E-state index in [4.69, 9.17) is 4.74 Å². The average Bonchev–Trinajstić information content (AvgIpc) is 3.72. The molecule has 3 N–H and O–H groups in total. The number of carbonyl (C=O) groups is 4. The summed E-state index contributed by atoms with van der Waals surface area (Å²) in [5.41, 5.74) is 1.64. The van der Waals surface area contributed by atoms with Crippen molar-refractivity contribution in [2.24, 2.45) is 35.5 Å². The minimum absolute atomic E-state index is 0.000590. The first-order chi connectivity index (χ1) is 21.1. The quantitative estimate of drug-likeness (QED) is 0.315. The lowest BCUT2D eigenvalue weighted by Crippen LogP contribution is -2.49. The summed E-state index contributed by atoms with van der Waals surface area (Å²) in [7, 11) is 0. The van der Waals surface area contributed by atoms with Crippen LogP contribution in [0.5, 0.6) is 5.75 Å². The van der Waals surface area contributed by atoms with Crippen LogP contribution in [0.3, 0.4) is 0 Å². The van der Waals surface area contributed by atoms with Crippen LogP contribution in [-0.2, 0) is 19.2 Å². The van der Waals surface area contributed by atoms with Gasteiger partial charge in [0.15, 0.2) is 6.61 Å². The summed E-state index contributed by atoms with van der Waals surface area (Å²) in [6.45, 7) is 3.27. The molecule has 8 atom stereocenters. The predicted octanol–water partition coefficient (Wildman–Crippen LogP) is 4.04. The molecule has 3 aromatic rings. The molecule has 2 aliphatic heterocycles. The third-order valence-electron chi connectivity index (χ3n) is 9.59. The van der Waals surface area contributed by atoms with Crippen LogP contribution in [0.25, 0.3) is 0 Å². The van der Waals surface area contributed by atoms with Crippen LogP contribution in [0.15, 0.2) is 64.4 Å². The van der Waals surface area contributed by atoms with Crippen LogP contribution in [0, 0.1) is 35.5 Å². The van der Waals surface area contributed by atoms with E-state index < -0.39 is 29.8 Å². The van der Waals surface area contributed by atoms with Gasteiger partial charge in [0, 0.05) is 21.7 Å². The van der Waals surface area contributed by atoms with Crippen molar-refractivity contribution < 1.29 is 29.0 Å². The maximum atomic E-state index is 13.8. The Morgan fingerprint density at radius 1 is 1.02 bits per heavy atom. The molecule has 2 aliphatic carbocycles. The maximum absolute atomic E-state index is 13.8. The molecule has 44 heavy (non-hydrogen) atoms. The number of anilines is 1. The first kappa shape index (κ1) is 28.8. The molecular formula is C32H31N3O7S2. The molecule has 228 valence electrons. The fourth-order valence-corrected chi connectivity index (χ4v) is 10.9. The number of H-pyrrole nitrogens is 1. The number of nitrogens with zero attached hydrogens (tertiary/aromatic N) is 1. The predicted molar refractivity (Wildman–Crippen MR) is 164 cm³/mol. The number of likely N-dealkylation sites (tertiary alicyclic amines) is 1. The van der Waals surface area contributed by atoms with Gasteiger partial charge in [-0.2, -0.15) is 0 Å². The van der Waals surface area contributed by atoms with E-state index in [0.29, 0.717) is 11.4 Å². The van der Waals surface area contributed by atoms with Gasteiger partial charge in [-0.05, 0) is 59.9 Å². The summed E-state index contributed by atoms with van der Waals surface area (Å²) in [5.74, 6) is -3.56.